The van der Waals surface area contributed by atoms with Crippen molar-refractivity contribution in [2.75, 3.05) is 19.0 Å². The molecule has 30 heavy (non-hydrogen) atoms. The number of carbonyl (C=O) groups is 2. The summed E-state index contributed by atoms with van der Waals surface area (Å²) in [5.41, 5.74) is 1.17. The minimum absolute atomic E-state index is 0.00123. The van der Waals surface area contributed by atoms with Gasteiger partial charge in [0, 0.05) is 12.5 Å². The fraction of sp³-hybridized carbons (Fsp3) is 0.263. The van der Waals surface area contributed by atoms with Crippen LogP contribution in [-0.4, -0.2) is 38.9 Å². The minimum Gasteiger partial charge on any atom is -0.456 e. The van der Waals surface area contributed by atoms with Crippen molar-refractivity contribution in [3.8, 4) is 0 Å². The van der Waals surface area contributed by atoms with Crippen molar-refractivity contribution in [3.05, 3.63) is 63.7 Å². The summed E-state index contributed by atoms with van der Waals surface area (Å²) in [6.45, 7) is 0.979. The maximum Gasteiger partial charge on any atom is 0.306 e. The smallest absolute Gasteiger partial charge is 0.306 e. The Morgan fingerprint density at radius 2 is 1.80 bits per heavy atom. The van der Waals surface area contributed by atoms with E-state index in [-0.39, 0.29) is 22.7 Å². The lowest BCUT2D eigenvalue weighted by Crippen LogP contribution is -2.21. The number of nitrogens with one attached hydrogen (secondary N) is 2. The van der Waals surface area contributed by atoms with Gasteiger partial charge in [-0.25, -0.2) is 13.1 Å². The van der Waals surface area contributed by atoms with Crippen LogP contribution in [0.1, 0.15) is 17.5 Å². The Hall–Kier alpha value is -3.31. The van der Waals surface area contributed by atoms with E-state index in [2.05, 4.69) is 10.0 Å². The molecule has 0 spiro atoms. The first-order chi connectivity index (χ1) is 14.1. The Morgan fingerprint density at radius 3 is 2.40 bits per heavy atom. The highest BCUT2D eigenvalue weighted by Gasteiger charge is 2.16. The maximum absolute atomic E-state index is 12.0. The van der Waals surface area contributed by atoms with Crippen molar-refractivity contribution in [3.63, 3.8) is 0 Å². The summed E-state index contributed by atoms with van der Waals surface area (Å²) in [5, 5.41) is 13.4. The predicted molar refractivity (Wildman–Crippen MR) is 108 cm³/mol. The van der Waals surface area contributed by atoms with E-state index >= 15 is 0 Å². The topological polar surface area (TPSA) is 145 Å². The second kappa shape index (κ2) is 9.94. The Bertz CT molecular complexity index is 1050. The van der Waals surface area contributed by atoms with Crippen LogP contribution in [0.2, 0.25) is 0 Å². The molecule has 0 saturated heterocycles. The Labute approximate surface area is 173 Å². The third kappa shape index (κ3) is 6.09. The van der Waals surface area contributed by atoms with Gasteiger partial charge in [0.25, 0.3) is 11.6 Å². The number of nitro benzene ring substituents is 1. The van der Waals surface area contributed by atoms with Crippen molar-refractivity contribution < 1.29 is 27.7 Å². The summed E-state index contributed by atoms with van der Waals surface area (Å²) >= 11 is 0. The number of amides is 1. The molecule has 0 radical (unpaired) electrons. The van der Waals surface area contributed by atoms with Crippen LogP contribution in [0.4, 0.5) is 11.4 Å². The van der Waals surface area contributed by atoms with E-state index in [1.807, 2.05) is 0 Å². The second-order valence-electron chi connectivity index (χ2n) is 6.27. The van der Waals surface area contributed by atoms with Crippen LogP contribution in [0.15, 0.2) is 47.4 Å². The summed E-state index contributed by atoms with van der Waals surface area (Å²) in [7, 11) is -2.21. The summed E-state index contributed by atoms with van der Waals surface area (Å²) < 4.78 is 30.5. The molecule has 0 saturated carbocycles. The molecule has 0 aliphatic heterocycles. The number of esters is 1. The zero-order chi connectivity index (χ0) is 22.3. The lowest BCUT2D eigenvalue weighted by molar-refractivity contribution is -0.385. The van der Waals surface area contributed by atoms with Gasteiger partial charge in [-0.05, 0) is 44.2 Å². The SMILES string of the molecule is CNS(=O)(=O)c1ccc(CCC(=O)OCC(=O)Nc2cccc([N+](=O)[O-])c2C)cc1. The number of benzene rings is 2. The van der Waals surface area contributed by atoms with Crippen molar-refractivity contribution in [2.24, 2.45) is 0 Å². The predicted octanol–water partition coefficient (Wildman–Crippen LogP) is 1.93. The minimum atomic E-state index is -3.52. The van der Waals surface area contributed by atoms with E-state index < -0.39 is 33.4 Å². The Morgan fingerprint density at radius 1 is 1.13 bits per heavy atom. The van der Waals surface area contributed by atoms with Gasteiger partial charge < -0.3 is 10.1 Å². The molecule has 2 aromatic carbocycles. The normalized spacial score (nSPS) is 11.0. The molecule has 2 rings (SSSR count). The van der Waals surface area contributed by atoms with Gasteiger partial charge in [-0.2, -0.15) is 0 Å². The first kappa shape index (κ1) is 23.0. The molecule has 10 nitrogen and oxygen atoms in total. The highest BCUT2D eigenvalue weighted by Crippen LogP contribution is 2.24. The van der Waals surface area contributed by atoms with Crippen LogP contribution < -0.4 is 10.0 Å². The molecule has 1 amide bonds. The molecule has 0 bridgehead atoms. The molecule has 0 aromatic heterocycles. The molecule has 2 N–H and O–H groups in total. The van der Waals surface area contributed by atoms with Crippen LogP contribution in [0.5, 0.6) is 0 Å². The lowest BCUT2D eigenvalue weighted by atomic mass is 10.1. The number of hydrogen-bond donors (Lipinski definition) is 2. The van der Waals surface area contributed by atoms with E-state index in [1.165, 1.54) is 44.3 Å². The highest BCUT2D eigenvalue weighted by molar-refractivity contribution is 7.89. The number of sulfonamides is 1. The summed E-state index contributed by atoms with van der Waals surface area (Å²) in [6.07, 6.45) is 0.311. The van der Waals surface area contributed by atoms with Crippen molar-refractivity contribution in [1.82, 2.24) is 4.72 Å². The van der Waals surface area contributed by atoms with Crippen LogP contribution >= 0.6 is 0 Å². The Kier molecular flexibility index (Phi) is 7.61. The molecule has 11 heteroatoms. The highest BCUT2D eigenvalue weighted by atomic mass is 32.2. The van der Waals surface area contributed by atoms with Gasteiger partial charge in [-0.1, -0.05) is 18.2 Å². The van der Waals surface area contributed by atoms with E-state index in [0.29, 0.717) is 12.0 Å². The van der Waals surface area contributed by atoms with E-state index in [1.54, 1.807) is 12.1 Å². The fourth-order valence-electron chi connectivity index (χ4n) is 2.56. The van der Waals surface area contributed by atoms with E-state index in [4.69, 9.17) is 4.74 Å². The zero-order valence-corrected chi connectivity index (χ0v) is 17.2. The molecule has 160 valence electrons. The zero-order valence-electron chi connectivity index (χ0n) is 16.4. The summed E-state index contributed by atoms with van der Waals surface area (Å²) in [4.78, 5) is 34.3. The van der Waals surface area contributed by atoms with Gasteiger partial charge in [0.15, 0.2) is 6.61 Å². The average molecular weight is 435 g/mol. The van der Waals surface area contributed by atoms with Gasteiger partial charge in [0.05, 0.1) is 21.1 Å². The molecular formula is C19H21N3O7S. The molecule has 0 fully saturated rings. The quantitative estimate of drug-likeness (QED) is 0.348. The van der Waals surface area contributed by atoms with Gasteiger partial charge in [-0.3, -0.25) is 19.7 Å². The Balaban J connectivity index is 1.83. The number of hydrogen-bond acceptors (Lipinski definition) is 7. The van der Waals surface area contributed by atoms with Gasteiger partial charge in [0.2, 0.25) is 10.0 Å². The van der Waals surface area contributed by atoms with Gasteiger partial charge in [0.1, 0.15) is 0 Å². The summed E-state index contributed by atoms with van der Waals surface area (Å²) in [6, 6.07) is 10.3. The summed E-state index contributed by atoms with van der Waals surface area (Å²) in [5.74, 6) is -1.22. The van der Waals surface area contributed by atoms with Crippen LogP contribution in [-0.2, 0) is 30.8 Å². The average Bonchev–Trinajstić information content (AvgIpc) is 2.72. The molecular weight excluding hydrogens is 414 g/mol. The third-order valence-electron chi connectivity index (χ3n) is 4.26. The van der Waals surface area contributed by atoms with E-state index in [0.717, 1.165) is 5.56 Å². The van der Waals surface area contributed by atoms with Crippen molar-refractivity contribution in [2.45, 2.75) is 24.7 Å². The number of ether oxygens (including phenoxy) is 1. The molecule has 0 atom stereocenters. The lowest BCUT2D eigenvalue weighted by Gasteiger charge is -2.09. The van der Waals surface area contributed by atoms with Crippen LogP contribution in [0.25, 0.3) is 0 Å². The molecule has 0 heterocycles. The number of nitro groups is 1. The number of nitrogens with zero attached hydrogens (tertiary/aromatic N) is 1. The maximum atomic E-state index is 12.0. The molecule has 0 unspecified atom stereocenters. The van der Waals surface area contributed by atoms with Crippen LogP contribution in [0, 0.1) is 17.0 Å². The van der Waals surface area contributed by atoms with Crippen molar-refractivity contribution >= 4 is 33.3 Å². The van der Waals surface area contributed by atoms with Crippen molar-refractivity contribution in [1.29, 1.82) is 0 Å². The number of aryl methyl sites for hydroxylation is 1. The number of rotatable bonds is 9. The first-order valence-electron chi connectivity index (χ1n) is 8.86. The van der Waals surface area contributed by atoms with Crippen LogP contribution in [0.3, 0.4) is 0 Å². The third-order valence-corrected chi connectivity index (χ3v) is 5.69. The first-order valence-corrected chi connectivity index (χ1v) is 10.3. The fourth-order valence-corrected chi connectivity index (χ4v) is 3.29. The molecule has 0 aliphatic carbocycles. The largest absolute Gasteiger partial charge is 0.456 e. The molecule has 0 aliphatic rings. The molecule has 2 aromatic rings. The number of carbonyl (C=O) groups excluding carboxylic acids is 2. The number of anilines is 1. The second-order valence-corrected chi connectivity index (χ2v) is 8.15. The van der Waals surface area contributed by atoms with Gasteiger partial charge in [-0.15, -0.1) is 0 Å². The standard InChI is InChI=1S/C19H21N3O7S/c1-13-16(4-3-5-17(13)22(25)26)21-18(23)12-29-19(24)11-8-14-6-9-15(10-7-14)30(27,28)20-2/h3-7,9-10,20H,8,11-12H2,1-2H3,(H,21,23). The monoisotopic (exact) mass is 435 g/mol. The van der Waals surface area contributed by atoms with E-state index in [9.17, 15) is 28.1 Å². The van der Waals surface area contributed by atoms with Gasteiger partial charge >= 0.3 is 5.97 Å².